The van der Waals surface area contributed by atoms with Crippen molar-refractivity contribution in [1.29, 1.82) is 0 Å². The highest BCUT2D eigenvalue weighted by Crippen LogP contribution is 2.15. The molecule has 0 radical (unpaired) electrons. The molecule has 2 unspecified atom stereocenters. The van der Waals surface area contributed by atoms with Crippen LogP contribution < -0.4 is 10.6 Å². The Labute approximate surface area is 103 Å². The van der Waals surface area contributed by atoms with Crippen molar-refractivity contribution in [2.75, 3.05) is 52.5 Å². The first kappa shape index (κ1) is 12.8. The zero-order valence-corrected chi connectivity index (χ0v) is 10.6. The molecule has 17 heavy (non-hydrogen) atoms. The van der Waals surface area contributed by atoms with Crippen molar-refractivity contribution in [1.82, 2.24) is 15.5 Å². The van der Waals surface area contributed by atoms with Crippen molar-refractivity contribution in [3.05, 3.63) is 0 Å². The normalized spacial score (nSPS) is 30.4. The Morgan fingerprint density at radius 2 is 2.18 bits per heavy atom. The molecule has 98 valence electrons. The highest BCUT2D eigenvalue weighted by molar-refractivity contribution is 5.79. The lowest BCUT2D eigenvalue weighted by atomic mass is 9.97. The summed E-state index contributed by atoms with van der Waals surface area (Å²) in [5, 5.41) is 6.30. The summed E-state index contributed by atoms with van der Waals surface area (Å²) < 4.78 is 5.29. The lowest BCUT2D eigenvalue weighted by molar-refractivity contribution is -0.125. The van der Waals surface area contributed by atoms with E-state index in [0.29, 0.717) is 5.92 Å². The number of carbonyl (C=O) groups excluding carboxylic acids is 1. The molecule has 2 saturated heterocycles. The van der Waals surface area contributed by atoms with E-state index in [9.17, 15) is 4.79 Å². The largest absolute Gasteiger partial charge is 0.379 e. The van der Waals surface area contributed by atoms with E-state index in [4.69, 9.17) is 4.74 Å². The molecule has 5 heteroatoms. The minimum absolute atomic E-state index is 0.152. The lowest BCUT2D eigenvalue weighted by Crippen LogP contribution is -2.43. The van der Waals surface area contributed by atoms with Crippen molar-refractivity contribution in [3.63, 3.8) is 0 Å². The molecule has 5 nitrogen and oxygen atoms in total. The Hall–Kier alpha value is -0.650. The van der Waals surface area contributed by atoms with Crippen LogP contribution in [0.1, 0.15) is 6.92 Å². The monoisotopic (exact) mass is 241 g/mol. The maximum atomic E-state index is 11.9. The number of rotatable bonds is 4. The van der Waals surface area contributed by atoms with Gasteiger partial charge in [-0.05, 0) is 12.5 Å². The van der Waals surface area contributed by atoms with E-state index in [1.807, 2.05) is 0 Å². The van der Waals surface area contributed by atoms with Gasteiger partial charge in [-0.3, -0.25) is 9.69 Å². The minimum Gasteiger partial charge on any atom is -0.379 e. The number of nitrogens with zero attached hydrogens (tertiary/aromatic N) is 1. The zero-order chi connectivity index (χ0) is 12.1. The van der Waals surface area contributed by atoms with Gasteiger partial charge in [-0.25, -0.2) is 0 Å². The number of nitrogens with one attached hydrogen (secondary N) is 2. The first-order valence-corrected chi connectivity index (χ1v) is 6.56. The Kier molecular flexibility index (Phi) is 4.76. The summed E-state index contributed by atoms with van der Waals surface area (Å²) in [4.78, 5) is 14.2. The molecule has 2 rings (SSSR count). The van der Waals surface area contributed by atoms with Gasteiger partial charge in [0.15, 0.2) is 0 Å². The quantitative estimate of drug-likeness (QED) is 0.683. The minimum atomic E-state index is 0.152. The molecule has 0 aromatic heterocycles. The van der Waals surface area contributed by atoms with Crippen molar-refractivity contribution >= 4 is 5.91 Å². The molecule has 0 aromatic rings. The predicted octanol–water partition coefficient (Wildman–Crippen LogP) is -0.710. The van der Waals surface area contributed by atoms with E-state index in [-0.39, 0.29) is 11.8 Å². The topological polar surface area (TPSA) is 53.6 Å². The highest BCUT2D eigenvalue weighted by atomic mass is 16.5. The average molecular weight is 241 g/mol. The summed E-state index contributed by atoms with van der Waals surface area (Å²) in [6.07, 6.45) is 0. The van der Waals surface area contributed by atoms with E-state index in [1.165, 1.54) is 0 Å². The Morgan fingerprint density at radius 3 is 2.82 bits per heavy atom. The third-order valence-corrected chi connectivity index (χ3v) is 3.69. The van der Waals surface area contributed by atoms with Crippen molar-refractivity contribution in [2.24, 2.45) is 11.8 Å². The molecule has 2 atom stereocenters. The third-order valence-electron chi connectivity index (χ3n) is 3.69. The molecule has 0 bridgehead atoms. The molecule has 0 aliphatic carbocycles. The van der Waals surface area contributed by atoms with E-state index in [2.05, 4.69) is 22.5 Å². The van der Waals surface area contributed by atoms with E-state index >= 15 is 0 Å². The fourth-order valence-corrected chi connectivity index (χ4v) is 2.45. The maximum absolute atomic E-state index is 11.9. The average Bonchev–Trinajstić information content (AvgIpc) is 2.77. The Balaban J connectivity index is 1.62. The van der Waals surface area contributed by atoms with Crippen molar-refractivity contribution < 1.29 is 9.53 Å². The van der Waals surface area contributed by atoms with Crippen LogP contribution in [0.15, 0.2) is 0 Å². The summed E-state index contributed by atoms with van der Waals surface area (Å²) in [6, 6.07) is 0. The first-order valence-electron chi connectivity index (χ1n) is 6.56. The summed E-state index contributed by atoms with van der Waals surface area (Å²) in [7, 11) is 0. The van der Waals surface area contributed by atoms with Crippen LogP contribution in [0, 0.1) is 11.8 Å². The molecule has 2 aliphatic heterocycles. The van der Waals surface area contributed by atoms with Crippen LogP contribution in [0.5, 0.6) is 0 Å². The van der Waals surface area contributed by atoms with Crippen LogP contribution in [-0.4, -0.2) is 63.3 Å². The molecule has 2 N–H and O–H groups in total. The summed E-state index contributed by atoms with van der Waals surface area (Å²) in [6.45, 7) is 9.20. The molecule has 1 amide bonds. The van der Waals surface area contributed by atoms with Gasteiger partial charge in [0.2, 0.25) is 5.91 Å². The number of hydrogen-bond donors (Lipinski definition) is 2. The second-order valence-electron chi connectivity index (χ2n) is 4.99. The standard InChI is InChI=1S/C12H23N3O2/c1-10-8-13-9-11(10)12(16)14-2-3-15-4-6-17-7-5-15/h10-11,13H,2-9H2,1H3,(H,14,16). The number of hydrogen-bond acceptors (Lipinski definition) is 4. The van der Waals surface area contributed by atoms with Gasteiger partial charge in [-0.2, -0.15) is 0 Å². The van der Waals surface area contributed by atoms with E-state index in [0.717, 1.165) is 52.5 Å². The number of ether oxygens (including phenoxy) is 1. The number of carbonyl (C=O) groups is 1. The Morgan fingerprint density at radius 1 is 1.41 bits per heavy atom. The summed E-state index contributed by atoms with van der Waals surface area (Å²) in [5.74, 6) is 0.814. The van der Waals surface area contributed by atoms with Crippen molar-refractivity contribution in [3.8, 4) is 0 Å². The SMILES string of the molecule is CC1CNCC1C(=O)NCCN1CCOCC1. The molecular formula is C12H23N3O2. The van der Waals surface area contributed by atoms with Crippen LogP contribution in [-0.2, 0) is 9.53 Å². The fraction of sp³-hybridized carbons (Fsp3) is 0.917. The van der Waals surface area contributed by atoms with Crippen LogP contribution in [0.4, 0.5) is 0 Å². The van der Waals surface area contributed by atoms with E-state index < -0.39 is 0 Å². The third kappa shape index (κ3) is 3.66. The molecule has 0 aromatic carbocycles. The molecule has 2 fully saturated rings. The van der Waals surface area contributed by atoms with Crippen molar-refractivity contribution in [2.45, 2.75) is 6.92 Å². The predicted molar refractivity (Wildman–Crippen MR) is 65.8 cm³/mol. The van der Waals surface area contributed by atoms with Gasteiger partial charge in [0.1, 0.15) is 0 Å². The van der Waals surface area contributed by atoms with Gasteiger partial charge in [0.05, 0.1) is 19.1 Å². The molecule has 2 heterocycles. The fourth-order valence-electron chi connectivity index (χ4n) is 2.45. The summed E-state index contributed by atoms with van der Waals surface area (Å²) >= 11 is 0. The second kappa shape index (κ2) is 6.33. The molecule has 0 spiro atoms. The smallest absolute Gasteiger partial charge is 0.224 e. The van der Waals surface area contributed by atoms with Gasteiger partial charge in [0, 0.05) is 32.7 Å². The lowest BCUT2D eigenvalue weighted by Gasteiger charge is -2.26. The summed E-state index contributed by atoms with van der Waals surface area (Å²) in [5.41, 5.74) is 0. The molecular weight excluding hydrogens is 218 g/mol. The van der Waals surface area contributed by atoms with Crippen LogP contribution in [0.25, 0.3) is 0 Å². The zero-order valence-electron chi connectivity index (χ0n) is 10.6. The van der Waals surface area contributed by atoms with Crippen LogP contribution in [0.2, 0.25) is 0 Å². The van der Waals surface area contributed by atoms with Gasteiger partial charge in [-0.1, -0.05) is 6.92 Å². The van der Waals surface area contributed by atoms with Gasteiger partial charge in [0.25, 0.3) is 0 Å². The molecule has 0 saturated carbocycles. The number of morpholine rings is 1. The van der Waals surface area contributed by atoms with Crippen LogP contribution >= 0.6 is 0 Å². The Bertz CT molecular complexity index is 254. The van der Waals surface area contributed by atoms with Gasteiger partial charge in [-0.15, -0.1) is 0 Å². The first-order chi connectivity index (χ1) is 8.27. The maximum Gasteiger partial charge on any atom is 0.224 e. The van der Waals surface area contributed by atoms with E-state index in [1.54, 1.807) is 0 Å². The van der Waals surface area contributed by atoms with Crippen LogP contribution in [0.3, 0.4) is 0 Å². The van der Waals surface area contributed by atoms with Gasteiger partial charge >= 0.3 is 0 Å². The second-order valence-corrected chi connectivity index (χ2v) is 4.99. The highest BCUT2D eigenvalue weighted by Gasteiger charge is 2.29. The number of amides is 1. The molecule has 2 aliphatic rings. The van der Waals surface area contributed by atoms with Gasteiger partial charge < -0.3 is 15.4 Å².